The quantitative estimate of drug-likeness (QED) is 0.484. The van der Waals surface area contributed by atoms with Crippen molar-refractivity contribution in [3.63, 3.8) is 0 Å². The maximum atomic E-state index is 11.2. The first-order valence-corrected chi connectivity index (χ1v) is 5.49. The van der Waals surface area contributed by atoms with Gasteiger partial charge in [-0.15, -0.1) is 0 Å². The van der Waals surface area contributed by atoms with E-state index in [0.29, 0.717) is 0 Å². The minimum Gasteiger partial charge on any atom is -0.463 e. The third-order valence-electron chi connectivity index (χ3n) is 2.23. The first-order valence-electron chi connectivity index (χ1n) is 5.49. The summed E-state index contributed by atoms with van der Waals surface area (Å²) in [4.78, 5) is 11.2. The highest BCUT2D eigenvalue weighted by atomic mass is 16.5. The van der Waals surface area contributed by atoms with Crippen molar-refractivity contribution < 1.29 is 14.6 Å². The molecule has 0 saturated carbocycles. The summed E-state index contributed by atoms with van der Waals surface area (Å²) >= 11 is 0. The highest BCUT2D eigenvalue weighted by Gasteiger charge is 2.13. The molecule has 0 aromatic carbocycles. The molecule has 0 amide bonds. The molecule has 0 fully saturated rings. The third-order valence-corrected chi connectivity index (χ3v) is 2.23. The Kier molecular flexibility index (Phi) is 8.64. The number of aliphatic hydroxyl groups excluding tert-OH is 1. The summed E-state index contributed by atoms with van der Waals surface area (Å²) in [6, 6.07) is 0. The van der Waals surface area contributed by atoms with E-state index in [4.69, 9.17) is 9.84 Å². The van der Waals surface area contributed by atoms with Gasteiger partial charge in [0.2, 0.25) is 0 Å². The van der Waals surface area contributed by atoms with Crippen LogP contribution in [0, 0.1) is 5.92 Å². The van der Waals surface area contributed by atoms with Crippen LogP contribution < -0.4 is 0 Å². The molecule has 0 bridgehead atoms. The molecule has 0 aromatic heterocycles. The van der Waals surface area contributed by atoms with Gasteiger partial charge in [0.25, 0.3) is 0 Å². The molecule has 0 heterocycles. The fraction of sp³-hybridized carbons (Fsp3) is 0.909. The van der Waals surface area contributed by atoms with Crippen LogP contribution in [0.3, 0.4) is 0 Å². The van der Waals surface area contributed by atoms with Crippen LogP contribution in [-0.2, 0) is 9.53 Å². The molecule has 84 valence electrons. The zero-order valence-electron chi connectivity index (χ0n) is 9.29. The molecule has 3 heteroatoms. The molecular weight excluding hydrogens is 180 g/mol. The zero-order chi connectivity index (χ0) is 10.8. The second-order valence-corrected chi connectivity index (χ2v) is 3.64. The Labute approximate surface area is 86.5 Å². The number of hydrogen-bond donors (Lipinski definition) is 1. The Balaban J connectivity index is 3.42. The fourth-order valence-electron chi connectivity index (χ4n) is 1.28. The number of aliphatic hydroxyl groups is 1. The van der Waals surface area contributed by atoms with Gasteiger partial charge in [0.05, 0.1) is 12.5 Å². The van der Waals surface area contributed by atoms with Crippen molar-refractivity contribution in [2.75, 3.05) is 13.2 Å². The maximum absolute atomic E-state index is 11.2. The molecule has 14 heavy (non-hydrogen) atoms. The largest absolute Gasteiger partial charge is 0.463 e. The van der Waals surface area contributed by atoms with Gasteiger partial charge in [0.15, 0.2) is 0 Å². The topological polar surface area (TPSA) is 46.5 Å². The van der Waals surface area contributed by atoms with Crippen molar-refractivity contribution in [3.05, 3.63) is 0 Å². The molecule has 0 aliphatic carbocycles. The number of hydrogen-bond acceptors (Lipinski definition) is 3. The summed E-state index contributed by atoms with van der Waals surface area (Å²) in [6.07, 6.45) is 5.61. The first-order chi connectivity index (χ1) is 6.72. The summed E-state index contributed by atoms with van der Waals surface area (Å²) in [5.41, 5.74) is 0. The van der Waals surface area contributed by atoms with Crippen LogP contribution in [0.5, 0.6) is 0 Å². The molecule has 0 aliphatic heterocycles. The van der Waals surface area contributed by atoms with Crippen molar-refractivity contribution in [1.82, 2.24) is 0 Å². The minimum atomic E-state index is -0.185. The van der Waals surface area contributed by atoms with E-state index >= 15 is 0 Å². The van der Waals surface area contributed by atoms with Gasteiger partial charge in [-0.2, -0.15) is 0 Å². The molecule has 3 nitrogen and oxygen atoms in total. The van der Waals surface area contributed by atoms with Gasteiger partial charge in [-0.25, -0.2) is 0 Å². The third kappa shape index (κ3) is 6.89. The summed E-state index contributed by atoms with van der Waals surface area (Å²) < 4.78 is 4.82. The summed E-state index contributed by atoms with van der Waals surface area (Å²) in [5, 5.41) is 8.47. The molecule has 0 aromatic rings. The molecule has 0 spiro atoms. The fourth-order valence-corrected chi connectivity index (χ4v) is 1.28. The molecule has 0 aliphatic rings. The van der Waals surface area contributed by atoms with E-state index in [2.05, 4.69) is 6.92 Å². The lowest BCUT2D eigenvalue weighted by Crippen LogP contribution is -2.16. The molecule has 0 radical (unpaired) electrons. The van der Waals surface area contributed by atoms with Gasteiger partial charge in [-0.3, -0.25) is 4.79 Å². The van der Waals surface area contributed by atoms with E-state index in [0.717, 1.165) is 12.8 Å². The van der Waals surface area contributed by atoms with Gasteiger partial charge >= 0.3 is 5.97 Å². The van der Waals surface area contributed by atoms with E-state index in [-0.39, 0.29) is 25.1 Å². The number of unbranched alkanes of at least 4 members (excludes halogenated alkanes) is 3. The Hall–Kier alpha value is -0.570. The van der Waals surface area contributed by atoms with Gasteiger partial charge in [-0.05, 0) is 6.42 Å². The van der Waals surface area contributed by atoms with E-state index in [1.54, 1.807) is 0 Å². The molecule has 0 saturated heterocycles. The number of esters is 1. The van der Waals surface area contributed by atoms with Crippen LogP contribution in [-0.4, -0.2) is 24.3 Å². The van der Waals surface area contributed by atoms with E-state index in [9.17, 15) is 4.79 Å². The average Bonchev–Trinajstić information content (AvgIpc) is 2.20. The maximum Gasteiger partial charge on any atom is 0.308 e. The van der Waals surface area contributed by atoms with Gasteiger partial charge < -0.3 is 9.84 Å². The average molecular weight is 202 g/mol. The molecule has 1 atom stereocenters. The number of carbonyl (C=O) groups is 1. The van der Waals surface area contributed by atoms with Crippen LogP contribution in [0.25, 0.3) is 0 Å². The van der Waals surface area contributed by atoms with Crippen molar-refractivity contribution in [1.29, 1.82) is 0 Å². The van der Waals surface area contributed by atoms with Gasteiger partial charge in [-0.1, -0.05) is 39.5 Å². The SMILES string of the molecule is CCCCCCC(C)C(=O)OCCO. The van der Waals surface area contributed by atoms with Crippen LogP contribution in [0.4, 0.5) is 0 Å². The summed E-state index contributed by atoms with van der Waals surface area (Å²) in [7, 11) is 0. The Morgan fingerprint density at radius 2 is 2.07 bits per heavy atom. The lowest BCUT2D eigenvalue weighted by atomic mass is 10.0. The number of carbonyl (C=O) groups excluding carboxylic acids is 1. The number of rotatable bonds is 8. The predicted octanol–water partition coefficient (Wildman–Crippen LogP) is 2.13. The van der Waals surface area contributed by atoms with E-state index < -0.39 is 0 Å². The standard InChI is InChI=1S/C11H22O3/c1-3-4-5-6-7-10(2)11(13)14-9-8-12/h10,12H,3-9H2,1-2H3. The summed E-state index contributed by atoms with van der Waals surface area (Å²) in [5.74, 6) is -0.214. The predicted molar refractivity (Wildman–Crippen MR) is 56.0 cm³/mol. The van der Waals surface area contributed by atoms with Crippen LogP contribution >= 0.6 is 0 Å². The highest BCUT2D eigenvalue weighted by Crippen LogP contribution is 2.11. The Bertz CT molecular complexity index is 145. The molecular formula is C11H22O3. The Morgan fingerprint density at radius 3 is 2.64 bits per heavy atom. The van der Waals surface area contributed by atoms with Crippen molar-refractivity contribution in [2.45, 2.75) is 46.0 Å². The van der Waals surface area contributed by atoms with Gasteiger partial charge in [0, 0.05) is 0 Å². The van der Waals surface area contributed by atoms with Crippen molar-refractivity contribution >= 4 is 5.97 Å². The second kappa shape index (κ2) is 9.00. The van der Waals surface area contributed by atoms with Crippen LogP contribution in [0.15, 0.2) is 0 Å². The monoisotopic (exact) mass is 202 g/mol. The van der Waals surface area contributed by atoms with Crippen molar-refractivity contribution in [3.8, 4) is 0 Å². The lowest BCUT2D eigenvalue weighted by Gasteiger charge is -2.10. The minimum absolute atomic E-state index is 0.0293. The molecule has 1 N–H and O–H groups in total. The molecule has 1 unspecified atom stereocenters. The van der Waals surface area contributed by atoms with E-state index in [1.165, 1.54) is 19.3 Å². The number of ether oxygens (including phenoxy) is 1. The first kappa shape index (κ1) is 13.4. The van der Waals surface area contributed by atoms with E-state index in [1.807, 2.05) is 6.92 Å². The van der Waals surface area contributed by atoms with Crippen molar-refractivity contribution in [2.24, 2.45) is 5.92 Å². The lowest BCUT2D eigenvalue weighted by molar-refractivity contribution is -0.149. The normalized spacial score (nSPS) is 12.5. The van der Waals surface area contributed by atoms with Crippen LogP contribution in [0.1, 0.15) is 46.0 Å². The Morgan fingerprint density at radius 1 is 1.36 bits per heavy atom. The smallest absolute Gasteiger partial charge is 0.308 e. The van der Waals surface area contributed by atoms with Gasteiger partial charge in [0.1, 0.15) is 6.61 Å². The van der Waals surface area contributed by atoms with Crippen LogP contribution in [0.2, 0.25) is 0 Å². The second-order valence-electron chi connectivity index (χ2n) is 3.64. The molecule has 0 rings (SSSR count). The highest BCUT2D eigenvalue weighted by molar-refractivity contribution is 5.71. The zero-order valence-corrected chi connectivity index (χ0v) is 9.29. The summed E-state index contributed by atoms with van der Waals surface area (Å²) in [6.45, 7) is 4.08.